The van der Waals surface area contributed by atoms with Crippen molar-refractivity contribution < 1.29 is 4.79 Å². The zero-order chi connectivity index (χ0) is 15.5. The molecule has 122 valence electrons. The minimum Gasteiger partial charge on any atom is -0.349 e. The minimum atomic E-state index is 0.155. The number of hydrogen-bond acceptors (Lipinski definition) is 3. The van der Waals surface area contributed by atoms with Gasteiger partial charge in [0.15, 0.2) is 0 Å². The van der Waals surface area contributed by atoms with Crippen molar-refractivity contribution in [1.29, 1.82) is 0 Å². The van der Waals surface area contributed by atoms with Gasteiger partial charge in [-0.1, -0.05) is 20.3 Å². The zero-order valence-electron chi connectivity index (χ0n) is 13.9. The van der Waals surface area contributed by atoms with Crippen molar-refractivity contribution >= 4 is 17.2 Å². The van der Waals surface area contributed by atoms with E-state index in [1.54, 1.807) is 11.3 Å². The van der Waals surface area contributed by atoms with E-state index in [1.807, 2.05) is 0 Å². The van der Waals surface area contributed by atoms with Crippen molar-refractivity contribution in [2.45, 2.75) is 58.4 Å². The molecule has 0 saturated carbocycles. The Bertz CT molecular complexity index is 517. The average molecular weight is 321 g/mol. The summed E-state index contributed by atoms with van der Waals surface area (Å²) in [6, 6.07) is 2.52. The highest BCUT2D eigenvalue weighted by molar-refractivity contribution is 7.14. The Balaban J connectivity index is 1.58. The maximum absolute atomic E-state index is 12.5. The summed E-state index contributed by atoms with van der Waals surface area (Å²) in [5.41, 5.74) is 1.44. The summed E-state index contributed by atoms with van der Waals surface area (Å²) >= 11 is 1.73. The van der Waals surface area contributed by atoms with E-state index in [9.17, 15) is 4.79 Å². The van der Waals surface area contributed by atoms with Crippen LogP contribution < -0.4 is 5.32 Å². The molecule has 1 atom stereocenters. The van der Waals surface area contributed by atoms with Gasteiger partial charge < -0.3 is 10.2 Å². The highest BCUT2D eigenvalue weighted by Crippen LogP contribution is 2.33. The molecule has 1 amide bonds. The van der Waals surface area contributed by atoms with Gasteiger partial charge in [-0.25, -0.2) is 0 Å². The first kappa shape index (κ1) is 16.0. The molecule has 3 rings (SSSR count). The molecule has 2 heterocycles. The Morgan fingerprint density at radius 2 is 2.09 bits per heavy atom. The van der Waals surface area contributed by atoms with Crippen molar-refractivity contribution in [3.63, 3.8) is 0 Å². The van der Waals surface area contributed by atoms with Crippen LogP contribution in [0.15, 0.2) is 6.07 Å². The van der Waals surface area contributed by atoms with E-state index in [1.165, 1.54) is 36.1 Å². The van der Waals surface area contributed by atoms with Crippen LogP contribution in [0.4, 0.5) is 0 Å². The number of likely N-dealkylation sites (tertiary alicyclic amines) is 1. The number of aryl methyl sites for hydroxylation is 1. The standard InChI is InChI=1S/C18H28N2OS/c1-3-13-5-6-16-14(11-13)12-17(22-16)18(21)19-15-7-9-20(4-2)10-8-15/h12-13,15H,3-11H2,1-2H3,(H,19,21)/t13-/m1/s1. The van der Waals surface area contributed by atoms with Gasteiger partial charge in [-0.05, 0) is 56.2 Å². The van der Waals surface area contributed by atoms with Crippen molar-refractivity contribution in [1.82, 2.24) is 10.2 Å². The first-order chi connectivity index (χ1) is 10.7. The van der Waals surface area contributed by atoms with Gasteiger partial charge in [0.2, 0.25) is 0 Å². The number of fused-ring (bicyclic) bond motifs is 1. The third kappa shape index (κ3) is 3.54. The fourth-order valence-electron chi connectivity index (χ4n) is 3.71. The number of nitrogens with one attached hydrogen (secondary N) is 1. The van der Waals surface area contributed by atoms with Crippen LogP contribution >= 0.6 is 11.3 Å². The third-order valence-electron chi connectivity index (χ3n) is 5.36. The Kier molecular flexibility index (Phi) is 5.19. The van der Waals surface area contributed by atoms with E-state index in [0.29, 0.717) is 6.04 Å². The zero-order valence-corrected chi connectivity index (χ0v) is 14.7. The van der Waals surface area contributed by atoms with E-state index >= 15 is 0 Å². The third-order valence-corrected chi connectivity index (χ3v) is 6.59. The summed E-state index contributed by atoms with van der Waals surface area (Å²) < 4.78 is 0. The normalized spacial score (nSPS) is 23.3. The van der Waals surface area contributed by atoms with Gasteiger partial charge in [0.05, 0.1) is 4.88 Å². The monoisotopic (exact) mass is 320 g/mol. The Morgan fingerprint density at radius 1 is 1.32 bits per heavy atom. The summed E-state index contributed by atoms with van der Waals surface area (Å²) in [6.45, 7) is 7.83. The molecule has 4 heteroatoms. The van der Waals surface area contributed by atoms with Crippen LogP contribution in [-0.2, 0) is 12.8 Å². The fourth-order valence-corrected chi connectivity index (χ4v) is 4.82. The maximum atomic E-state index is 12.5. The molecule has 1 aliphatic heterocycles. The summed E-state index contributed by atoms with van der Waals surface area (Å²) in [5, 5.41) is 3.26. The van der Waals surface area contributed by atoms with E-state index in [0.717, 1.165) is 43.3 Å². The lowest BCUT2D eigenvalue weighted by molar-refractivity contribution is 0.0916. The van der Waals surface area contributed by atoms with Crippen molar-refractivity contribution in [3.05, 3.63) is 21.4 Å². The van der Waals surface area contributed by atoms with Crippen LogP contribution in [-0.4, -0.2) is 36.5 Å². The molecule has 1 saturated heterocycles. The van der Waals surface area contributed by atoms with Gasteiger partial charge in [-0.15, -0.1) is 11.3 Å². The van der Waals surface area contributed by atoms with Crippen LogP contribution in [0.1, 0.15) is 59.6 Å². The second-order valence-corrected chi connectivity index (χ2v) is 7.89. The average Bonchev–Trinajstić information content (AvgIpc) is 2.98. The van der Waals surface area contributed by atoms with Crippen molar-refractivity contribution in [2.24, 2.45) is 5.92 Å². The van der Waals surface area contributed by atoms with Crippen molar-refractivity contribution in [3.8, 4) is 0 Å². The van der Waals surface area contributed by atoms with E-state index < -0.39 is 0 Å². The molecule has 0 spiro atoms. The molecule has 22 heavy (non-hydrogen) atoms. The van der Waals surface area contributed by atoms with Crippen LogP contribution in [0.3, 0.4) is 0 Å². The molecule has 2 aliphatic rings. The van der Waals surface area contributed by atoms with Gasteiger partial charge in [0, 0.05) is 24.0 Å². The topological polar surface area (TPSA) is 32.3 Å². The van der Waals surface area contributed by atoms with Gasteiger partial charge >= 0.3 is 0 Å². The van der Waals surface area contributed by atoms with Crippen LogP contribution in [0, 0.1) is 5.92 Å². The maximum Gasteiger partial charge on any atom is 0.261 e. The summed E-state index contributed by atoms with van der Waals surface area (Å²) in [7, 11) is 0. The first-order valence-electron chi connectivity index (χ1n) is 8.84. The lowest BCUT2D eigenvalue weighted by Crippen LogP contribution is -2.44. The SMILES string of the molecule is CC[C@@H]1CCc2sc(C(=O)NC3CCN(CC)CC3)cc2C1. The molecule has 0 aromatic carbocycles. The highest BCUT2D eigenvalue weighted by atomic mass is 32.1. The molecular formula is C18H28N2OS. The first-order valence-corrected chi connectivity index (χ1v) is 9.66. The molecule has 0 unspecified atom stereocenters. The Hall–Kier alpha value is -0.870. The lowest BCUT2D eigenvalue weighted by atomic mass is 9.87. The highest BCUT2D eigenvalue weighted by Gasteiger charge is 2.24. The Morgan fingerprint density at radius 3 is 2.77 bits per heavy atom. The van der Waals surface area contributed by atoms with Gasteiger partial charge in [-0.2, -0.15) is 0 Å². The van der Waals surface area contributed by atoms with Gasteiger partial charge in [0.1, 0.15) is 0 Å². The number of amides is 1. The van der Waals surface area contributed by atoms with Gasteiger partial charge in [0.25, 0.3) is 5.91 Å². The largest absolute Gasteiger partial charge is 0.349 e. The molecule has 1 fully saturated rings. The molecule has 0 radical (unpaired) electrons. The molecular weight excluding hydrogens is 292 g/mol. The number of hydrogen-bond donors (Lipinski definition) is 1. The summed E-state index contributed by atoms with van der Waals surface area (Å²) in [6.07, 6.45) is 7.06. The molecule has 1 aromatic rings. The fraction of sp³-hybridized carbons (Fsp3) is 0.722. The van der Waals surface area contributed by atoms with Crippen LogP contribution in [0.5, 0.6) is 0 Å². The second-order valence-electron chi connectivity index (χ2n) is 6.76. The van der Waals surface area contributed by atoms with Crippen molar-refractivity contribution in [2.75, 3.05) is 19.6 Å². The van der Waals surface area contributed by atoms with E-state index in [-0.39, 0.29) is 5.91 Å². The lowest BCUT2D eigenvalue weighted by Gasteiger charge is -2.31. The van der Waals surface area contributed by atoms with Gasteiger partial charge in [-0.3, -0.25) is 4.79 Å². The molecule has 3 nitrogen and oxygen atoms in total. The van der Waals surface area contributed by atoms with Crippen LogP contribution in [0.2, 0.25) is 0 Å². The number of rotatable bonds is 4. The quantitative estimate of drug-likeness (QED) is 0.921. The summed E-state index contributed by atoms with van der Waals surface area (Å²) in [4.78, 5) is 17.4. The number of thiophene rings is 1. The number of piperidine rings is 1. The van der Waals surface area contributed by atoms with Crippen LogP contribution in [0.25, 0.3) is 0 Å². The predicted octanol–water partition coefficient (Wildman–Crippen LogP) is 3.48. The predicted molar refractivity (Wildman–Crippen MR) is 92.7 cm³/mol. The smallest absolute Gasteiger partial charge is 0.261 e. The molecule has 0 bridgehead atoms. The molecule has 1 N–H and O–H groups in total. The molecule has 1 aliphatic carbocycles. The Labute approximate surface area is 138 Å². The number of carbonyl (C=O) groups is 1. The molecule has 1 aromatic heterocycles. The van der Waals surface area contributed by atoms with E-state index in [4.69, 9.17) is 0 Å². The second kappa shape index (κ2) is 7.14. The van der Waals surface area contributed by atoms with E-state index in [2.05, 4.69) is 30.1 Å². The summed E-state index contributed by atoms with van der Waals surface area (Å²) in [5.74, 6) is 0.971. The number of carbonyl (C=O) groups excluding carboxylic acids is 1. The minimum absolute atomic E-state index is 0.155. The number of nitrogens with zero attached hydrogens (tertiary/aromatic N) is 1.